The van der Waals surface area contributed by atoms with E-state index >= 15 is 0 Å². The fourth-order valence-corrected chi connectivity index (χ4v) is 4.90. The highest BCUT2D eigenvalue weighted by molar-refractivity contribution is 5.98. The molecule has 0 N–H and O–H groups in total. The minimum atomic E-state index is -0.983. The molecule has 0 aromatic rings. The van der Waals surface area contributed by atoms with E-state index < -0.39 is 23.3 Å². The molecule has 22 heavy (non-hydrogen) atoms. The van der Waals surface area contributed by atoms with Gasteiger partial charge in [0.15, 0.2) is 5.92 Å². The third-order valence-electron chi connectivity index (χ3n) is 5.55. The summed E-state index contributed by atoms with van der Waals surface area (Å²) in [4.78, 5) is 37.4. The number of rotatable bonds is 5. The first-order valence-electron chi connectivity index (χ1n) is 8.10. The molecule has 5 heteroatoms. The van der Waals surface area contributed by atoms with Crippen molar-refractivity contribution in [3.8, 4) is 0 Å². The van der Waals surface area contributed by atoms with Gasteiger partial charge in [-0.25, -0.2) is 0 Å². The molecule has 5 nitrogen and oxygen atoms in total. The standard InChI is InChI=1S/C17H22O5/c1-3-21-15(19)14(16(20)22-4-2)17-8-7-12(18)13(17)10-5-6-11(17)9-10/h5-6,10-11,13-14H,3-4,7-9H2,1-2H3/t10-,11+,13?,17-/m1/s1. The van der Waals surface area contributed by atoms with Crippen molar-refractivity contribution in [2.24, 2.45) is 29.1 Å². The molecule has 0 amide bonds. The molecule has 2 bridgehead atoms. The van der Waals surface area contributed by atoms with Crippen molar-refractivity contribution in [3.05, 3.63) is 12.2 Å². The van der Waals surface area contributed by atoms with Crippen LogP contribution in [-0.2, 0) is 23.9 Å². The average Bonchev–Trinajstić information content (AvgIpc) is 3.13. The highest BCUT2D eigenvalue weighted by Crippen LogP contribution is 2.66. The molecular weight excluding hydrogens is 284 g/mol. The normalized spacial score (nSPS) is 35.0. The lowest BCUT2D eigenvalue weighted by Gasteiger charge is -2.40. The maximum atomic E-state index is 12.5. The molecule has 0 heterocycles. The molecule has 3 aliphatic rings. The molecule has 2 fully saturated rings. The minimum absolute atomic E-state index is 0.0905. The summed E-state index contributed by atoms with van der Waals surface area (Å²) < 4.78 is 10.3. The number of hydrogen-bond donors (Lipinski definition) is 0. The molecule has 120 valence electrons. The Kier molecular flexibility index (Phi) is 3.83. The van der Waals surface area contributed by atoms with Gasteiger partial charge >= 0.3 is 11.9 Å². The minimum Gasteiger partial charge on any atom is -0.465 e. The lowest BCUT2D eigenvalue weighted by Crippen LogP contribution is -2.48. The lowest BCUT2D eigenvalue weighted by atomic mass is 9.62. The second-order valence-electron chi connectivity index (χ2n) is 6.38. The number of allylic oxidation sites excluding steroid dienone is 2. The van der Waals surface area contributed by atoms with Gasteiger partial charge in [0.05, 0.1) is 13.2 Å². The number of ketones is 1. The number of carbonyl (C=O) groups excluding carboxylic acids is 3. The van der Waals surface area contributed by atoms with E-state index in [1.165, 1.54) is 0 Å². The summed E-state index contributed by atoms with van der Waals surface area (Å²) in [7, 11) is 0. The molecule has 3 aliphatic carbocycles. The molecule has 2 saturated carbocycles. The second-order valence-corrected chi connectivity index (χ2v) is 6.38. The van der Waals surface area contributed by atoms with Crippen molar-refractivity contribution in [3.63, 3.8) is 0 Å². The van der Waals surface area contributed by atoms with Gasteiger partial charge in [-0.15, -0.1) is 0 Å². The van der Waals surface area contributed by atoms with E-state index in [4.69, 9.17) is 9.47 Å². The van der Waals surface area contributed by atoms with Crippen LogP contribution < -0.4 is 0 Å². The van der Waals surface area contributed by atoms with Gasteiger partial charge in [-0.1, -0.05) is 12.2 Å². The van der Waals surface area contributed by atoms with Crippen molar-refractivity contribution >= 4 is 17.7 Å². The maximum Gasteiger partial charge on any atom is 0.320 e. The number of carbonyl (C=O) groups is 3. The fraction of sp³-hybridized carbons (Fsp3) is 0.706. The summed E-state index contributed by atoms with van der Waals surface area (Å²) in [6.45, 7) is 3.87. The van der Waals surface area contributed by atoms with Gasteiger partial charge < -0.3 is 9.47 Å². The first-order chi connectivity index (χ1) is 10.6. The van der Waals surface area contributed by atoms with Crippen molar-refractivity contribution in [2.75, 3.05) is 13.2 Å². The van der Waals surface area contributed by atoms with E-state index in [1.807, 2.05) is 0 Å². The van der Waals surface area contributed by atoms with Gasteiger partial charge in [0.25, 0.3) is 0 Å². The number of esters is 2. The molecule has 0 saturated heterocycles. The van der Waals surface area contributed by atoms with E-state index in [0.717, 1.165) is 6.42 Å². The molecule has 0 aromatic carbocycles. The number of Topliss-reactive ketones (excluding diaryl/α,β-unsaturated/α-hetero) is 1. The third-order valence-corrected chi connectivity index (χ3v) is 5.55. The van der Waals surface area contributed by atoms with Gasteiger partial charge in [0, 0.05) is 17.8 Å². The number of hydrogen-bond acceptors (Lipinski definition) is 5. The smallest absolute Gasteiger partial charge is 0.320 e. The summed E-state index contributed by atoms with van der Waals surface area (Å²) in [5.41, 5.74) is -0.630. The Balaban J connectivity index is 2.02. The highest BCUT2D eigenvalue weighted by atomic mass is 16.6. The maximum absolute atomic E-state index is 12.5. The van der Waals surface area contributed by atoms with Crippen LogP contribution in [0.1, 0.15) is 33.1 Å². The van der Waals surface area contributed by atoms with Crippen molar-refractivity contribution in [1.82, 2.24) is 0 Å². The number of fused-ring (bicyclic) bond motifs is 5. The summed E-state index contributed by atoms with van der Waals surface area (Å²) in [5, 5.41) is 0. The Bertz CT molecular complexity index is 519. The predicted octanol–water partition coefficient (Wildman–Crippen LogP) is 1.90. The van der Waals surface area contributed by atoms with Crippen LogP contribution in [0.4, 0.5) is 0 Å². The summed E-state index contributed by atoms with van der Waals surface area (Å²) in [5.74, 6) is -1.87. The van der Waals surface area contributed by atoms with Crippen LogP contribution in [0.15, 0.2) is 12.2 Å². The molecule has 0 radical (unpaired) electrons. The van der Waals surface area contributed by atoms with Gasteiger partial charge in [-0.05, 0) is 38.5 Å². The zero-order chi connectivity index (χ0) is 15.9. The van der Waals surface area contributed by atoms with Crippen molar-refractivity contribution < 1.29 is 23.9 Å². The molecule has 0 aliphatic heterocycles. The zero-order valence-electron chi connectivity index (χ0n) is 13.0. The Morgan fingerprint density at radius 1 is 1.23 bits per heavy atom. The third kappa shape index (κ3) is 1.94. The van der Waals surface area contributed by atoms with E-state index in [0.29, 0.717) is 12.8 Å². The van der Waals surface area contributed by atoms with Crippen LogP contribution in [0.5, 0.6) is 0 Å². The van der Waals surface area contributed by atoms with Crippen LogP contribution in [0.25, 0.3) is 0 Å². The van der Waals surface area contributed by atoms with Crippen LogP contribution in [0, 0.1) is 29.1 Å². The summed E-state index contributed by atoms with van der Waals surface area (Å²) in [6, 6.07) is 0. The largest absolute Gasteiger partial charge is 0.465 e. The summed E-state index contributed by atoms with van der Waals surface area (Å²) in [6.07, 6.45) is 6.01. The molecule has 3 rings (SSSR count). The first kappa shape index (κ1) is 15.3. The Hall–Kier alpha value is -1.65. The molecular formula is C17H22O5. The van der Waals surface area contributed by atoms with Crippen LogP contribution >= 0.6 is 0 Å². The molecule has 4 atom stereocenters. The second kappa shape index (κ2) is 5.52. The predicted molar refractivity (Wildman–Crippen MR) is 77.7 cm³/mol. The van der Waals surface area contributed by atoms with Gasteiger partial charge in [-0.3, -0.25) is 14.4 Å². The Labute approximate surface area is 130 Å². The van der Waals surface area contributed by atoms with E-state index in [1.54, 1.807) is 13.8 Å². The Morgan fingerprint density at radius 2 is 1.86 bits per heavy atom. The zero-order valence-corrected chi connectivity index (χ0v) is 13.0. The van der Waals surface area contributed by atoms with Crippen molar-refractivity contribution in [2.45, 2.75) is 33.1 Å². The van der Waals surface area contributed by atoms with Crippen LogP contribution in [-0.4, -0.2) is 30.9 Å². The monoisotopic (exact) mass is 306 g/mol. The lowest BCUT2D eigenvalue weighted by molar-refractivity contribution is -0.171. The topological polar surface area (TPSA) is 69.7 Å². The van der Waals surface area contributed by atoms with E-state index in [9.17, 15) is 14.4 Å². The molecule has 0 aromatic heterocycles. The van der Waals surface area contributed by atoms with Crippen LogP contribution in [0.3, 0.4) is 0 Å². The molecule has 1 unspecified atom stereocenters. The summed E-state index contributed by atoms with van der Waals surface area (Å²) >= 11 is 0. The van der Waals surface area contributed by atoms with E-state index in [2.05, 4.69) is 12.2 Å². The van der Waals surface area contributed by atoms with Crippen molar-refractivity contribution in [1.29, 1.82) is 0 Å². The van der Waals surface area contributed by atoms with Gasteiger partial charge in [-0.2, -0.15) is 0 Å². The fourth-order valence-electron chi connectivity index (χ4n) is 4.90. The SMILES string of the molecule is CCOC(=O)C(C(=O)OCC)[C@@]12CCC(=O)C1[C@@H]1C=C[C@H]2C1. The van der Waals surface area contributed by atoms with Gasteiger partial charge in [0.2, 0.25) is 0 Å². The van der Waals surface area contributed by atoms with Gasteiger partial charge in [0.1, 0.15) is 5.78 Å². The van der Waals surface area contributed by atoms with Crippen LogP contribution in [0.2, 0.25) is 0 Å². The first-order valence-corrected chi connectivity index (χ1v) is 8.10. The quantitative estimate of drug-likeness (QED) is 0.441. The Morgan fingerprint density at radius 3 is 2.45 bits per heavy atom. The molecule has 0 spiro atoms. The van der Waals surface area contributed by atoms with E-state index in [-0.39, 0.29) is 36.8 Å². The number of ether oxygens (including phenoxy) is 2. The highest BCUT2D eigenvalue weighted by Gasteiger charge is 2.68. The average molecular weight is 306 g/mol.